The molecule has 0 N–H and O–H groups in total. The molecule has 1 aliphatic carbocycles. The first-order valence-corrected chi connectivity index (χ1v) is 7.54. The van der Waals surface area contributed by atoms with Gasteiger partial charge in [0.1, 0.15) is 11.3 Å². The minimum absolute atomic E-state index is 0.205. The van der Waals surface area contributed by atoms with Crippen LogP contribution in [0.4, 0.5) is 8.78 Å². The van der Waals surface area contributed by atoms with Crippen LogP contribution in [0.5, 0.6) is 0 Å². The molecule has 0 saturated heterocycles. The van der Waals surface area contributed by atoms with E-state index in [2.05, 4.69) is 11.9 Å². The van der Waals surface area contributed by atoms with Crippen LogP contribution in [0.25, 0.3) is 11.0 Å². The summed E-state index contributed by atoms with van der Waals surface area (Å²) in [4.78, 5) is 4.32. The topological polar surface area (TPSA) is 17.8 Å². The smallest absolute Gasteiger partial charge is 0.184 e. The Bertz CT molecular complexity index is 638. The minimum Gasteiger partial charge on any atom is -0.324 e. The van der Waals surface area contributed by atoms with Crippen LogP contribution in [0.1, 0.15) is 32.0 Å². The standard InChI is InChI=1S/C15H17ClF2N2/c1-9-3-2-4-10(9)8-20-13(7-16)19-12-6-5-11(17)14(18)15(12)20/h5-6,9-10H,2-4,7-8H2,1H3. The van der Waals surface area contributed by atoms with Gasteiger partial charge in [0.05, 0.1) is 11.4 Å². The summed E-state index contributed by atoms with van der Waals surface area (Å²) < 4.78 is 29.4. The predicted octanol–water partition coefficient (Wildman–Crippen LogP) is 4.49. The molecule has 0 radical (unpaired) electrons. The molecule has 0 aliphatic heterocycles. The van der Waals surface area contributed by atoms with Crippen LogP contribution in [-0.4, -0.2) is 9.55 Å². The summed E-state index contributed by atoms with van der Waals surface area (Å²) in [5, 5.41) is 0. The highest BCUT2D eigenvalue weighted by Gasteiger charge is 2.26. The summed E-state index contributed by atoms with van der Waals surface area (Å²) in [6, 6.07) is 2.63. The van der Waals surface area contributed by atoms with E-state index in [4.69, 9.17) is 11.6 Å². The van der Waals surface area contributed by atoms with E-state index in [0.29, 0.717) is 29.7 Å². The van der Waals surface area contributed by atoms with Gasteiger partial charge in [0.25, 0.3) is 0 Å². The number of benzene rings is 1. The molecule has 2 aromatic rings. The third-order valence-corrected chi connectivity index (χ3v) is 4.69. The van der Waals surface area contributed by atoms with Gasteiger partial charge in [0.2, 0.25) is 0 Å². The Morgan fingerprint density at radius 2 is 2.15 bits per heavy atom. The van der Waals surface area contributed by atoms with Crippen molar-refractivity contribution in [2.45, 2.75) is 38.6 Å². The summed E-state index contributed by atoms with van der Waals surface area (Å²) in [5.74, 6) is 0.252. The Hall–Kier alpha value is -1.16. The van der Waals surface area contributed by atoms with Crippen molar-refractivity contribution in [1.82, 2.24) is 9.55 Å². The van der Waals surface area contributed by atoms with Crippen molar-refractivity contribution in [3.05, 3.63) is 29.6 Å². The normalized spacial score (nSPS) is 22.8. The number of fused-ring (bicyclic) bond motifs is 1. The molecule has 1 aromatic heterocycles. The molecule has 0 bridgehead atoms. The lowest BCUT2D eigenvalue weighted by Crippen LogP contribution is -2.15. The van der Waals surface area contributed by atoms with Crippen LogP contribution in [-0.2, 0) is 12.4 Å². The van der Waals surface area contributed by atoms with Gasteiger partial charge in [-0.05, 0) is 30.4 Å². The zero-order chi connectivity index (χ0) is 14.3. The molecular formula is C15H17ClF2N2. The van der Waals surface area contributed by atoms with Crippen LogP contribution >= 0.6 is 11.6 Å². The van der Waals surface area contributed by atoms with Crippen molar-refractivity contribution in [3.63, 3.8) is 0 Å². The molecule has 1 saturated carbocycles. The van der Waals surface area contributed by atoms with E-state index in [1.165, 1.54) is 18.9 Å². The molecule has 2 atom stereocenters. The van der Waals surface area contributed by atoms with Crippen LogP contribution in [0, 0.1) is 23.5 Å². The summed E-state index contributed by atoms with van der Waals surface area (Å²) in [5.41, 5.74) is 0.727. The van der Waals surface area contributed by atoms with Gasteiger partial charge in [0, 0.05) is 6.54 Å². The second-order valence-corrected chi connectivity index (χ2v) is 5.94. The Morgan fingerprint density at radius 3 is 2.80 bits per heavy atom. The van der Waals surface area contributed by atoms with Crippen molar-refractivity contribution >= 4 is 22.6 Å². The largest absolute Gasteiger partial charge is 0.324 e. The molecule has 1 heterocycles. The van der Waals surface area contributed by atoms with Gasteiger partial charge in [-0.25, -0.2) is 13.8 Å². The van der Waals surface area contributed by atoms with Gasteiger partial charge < -0.3 is 4.57 Å². The van der Waals surface area contributed by atoms with E-state index in [0.717, 1.165) is 12.5 Å². The monoisotopic (exact) mass is 298 g/mol. The van der Waals surface area contributed by atoms with E-state index in [-0.39, 0.29) is 11.4 Å². The zero-order valence-electron chi connectivity index (χ0n) is 11.4. The number of aromatic nitrogens is 2. The number of imidazole rings is 1. The van der Waals surface area contributed by atoms with E-state index in [1.54, 1.807) is 4.57 Å². The fourth-order valence-corrected chi connectivity index (χ4v) is 3.44. The third kappa shape index (κ3) is 2.20. The Labute approximate surface area is 121 Å². The molecule has 0 amide bonds. The van der Waals surface area contributed by atoms with Crippen LogP contribution in [0.15, 0.2) is 12.1 Å². The van der Waals surface area contributed by atoms with E-state index in [1.807, 2.05) is 0 Å². The molecule has 20 heavy (non-hydrogen) atoms. The van der Waals surface area contributed by atoms with Crippen molar-refractivity contribution in [2.75, 3.05) is 0 Å². The van der Waals surface area contributed by atoms with Gasteiger partial charge in [-0.15, -0.1) is 11.6 Å². The van der Waals surface area contributed by atoms with Crippen molar-refractivity contribution < 1.29 is 8.78 Å². The molecule has 0 spiro atoms. The summed E-state index contributed by atoms with van der Waals surface area (Å²) >= 11 is 5.92. The Morgan fingerprint density at radius 1 is 1.35 bits per heavy atom. The molecule has 3 rings (SSSR count). The van der Waals surface area contributed by atoms with Crippen molar-refractivity contribution in [2.24, 2.45) is 11.8 Å². The average molecular weight is 299 g/mol. The number of rotatable bonds is 3. The second kappa shape index (κ2) is 5.32. The molecule has 1 aliphatic rings. The first-order valence-electron chi connectivity index (χ1n) is 7.01. The first kappa shape index (κ1) is 13.8. The highest BCUT2D eigenvalue weighted by molar-refractivity contribution is 6.16. The summed E-state index contributed by atoms with van der Waals surface area (Å²) in [6.07, 6.45) is 3.52. The summed E-state index contributed by atoms with van der Waals surface area (Å²) in [7, 11) is 0. The maximum Gasteiger partial charge on any atom is 0.184 e. The second-order valence-electron chi connectivity index (χ2n) is 5.67. The fraction of sp³-hybridized carbons (Fsp3) is 0.533. The molecule has 2 nitrogen and oxygen atoms in total. The molecule has 1 aromatic carbocycles. The average Bonchev–Trinajstić information content (AvgIpc) is 2.99. The van der Waals surface area contributed by atoms with E-state index < -0.39 is 11.6 Å². The molecule has 1 fully saturated rings. The fourth-order valence-electron chi connectivity index (χ4n) is 3.23. The Kier molecular flexibility index (Phi) is 3.67. The highest BCUT2D eigenvalue weighted by atomic mass is 35.5. The predicted molar refractivity (Wildman–Crippen MR) is 75.7 cm³/mol. The number of hydrogen-bond donors (Lipinski definition) is 0. The number of hydrogen-bond acceptors (Lipinski definition) is 1. The van der Waals surface area contributed by atoms with Crippen molar-refractivity contribution in [1.29, 1.82) is 0 Å². The van der Waals surface area contributed by atoms with Gasteiger partial charge in [0.15, 0.2) is 11.6 Å². The van der Waals surface area contributed by atoms with Crippen LogP contribution in [0.2, 0.25) is 0 Å². The maximum absolute atomic E-state index is 14.1. The van der Waals surface area contributed by atoms with Crippen LogP contribution < -0.4 is 0 Å². The first-order chi connectivity index (χ1) is 9.61. The van der Waals surface area contributed by atoms with Gasteiger partial charge in [-0.3, -0.25) is 0 Å². The number of halogens is 3. The number of nitrogens with zero attached hydrogens (tertiary/aromatic N) is 2. The molecular weight excluding hydrogens is 282 g/mol. The van der Waals surface area contributed by atoms with Gasteiger partial charge >= 0.3 is 0 Å². The van der Waals surface area contributed by atoms with Crippen molar-refractivity contribution in [3.8, 4) is 0 Å². The molecule has 108 valence electrons. The zero-order valence-corrected chi connectivity index (χ0v) is 12.1. The minimum atomic E-state index is -0.834. The summed E-state index contributed by atoms with van der Waals surface area (Å²) in [6.45, 7) is 2.88. The maximum atomic E-state index is 14.1. The lowest BCUT2D eigenvalue weighted by atomic mass is 9.98. The quantitative estimate of drug-likeness (QED) is 0.763. The SMILES string of the molecule is CC1CCCC1Cn1c(CCl)nc2ccc(F)c(F)c21. The van der Waals surface area contributed by atoms with Crippen LogP contribution in [0.3, 0.4) is 0 Å². The highest BCUT2D eigenvalue weighted by Crippen LogP contribution is 2.34. The lowest BCUT2D eigenvalue weighted by Gasteiger charge is -2.18. The lowest BCUT2D eigenvalue weighted by molar-refractivity contribution is 0.362. The number of alkyl halides is 1. The molecule has 5 heteroatoms. The van der Waals surface area contributed by atoms with Gasteiger partial charge in [-0.1, -0.05) is 19.8 Å². The molecule has 2 unspecified atom stereocenters. The Balaban J connectivity index is 2.09. The van der Waals surface area contributed by atoms with Gasteiger partial charge in [-0.2, -0.15) is 0 Å². The van der Waals surface area contributed by atoms with E-state index in [9.17, 15) is 8.78 Å². The van der Waals surface area contributed by atoms with E-state index >= 15 is 0 Å². The third-order valence-electron chi connectivity index (χ3n) is 4.45.